The second-order valence-electron chi connectivity index (χ2n) is 4.02. The minimum absolute atomic E-state index is 0.148. The number of benzene rings is 1. The summed E-state index contributed by atoms with van der Waals surface area (Å²) in [5.41, 5.74) is 0.802. The normalized spacial score (nSPS) is 10.1. The number of methoxy groups -OCH3 is 2. The molecular weight excluding hydrogens is 315 g/mol. The predicted molar refractivity (Wildman–Crippen MR) is 81.8 cm³/mol. The zero-order valence-corrected chi connectivity index (χ0v) is 12.8. The average molecular weight is 327 g/mol. The van der Waals surface area contributed by atoms with Gasteiger partial charge in [-0.1, -0.05) is 23.2 Å². The van der Waals surface area contributed by atoms with Crippen molar-refractivity contribution >= 4 is 34.8 Å². The van der Waals surface area contributed by atoms with Gasteiger partial charge in [-0.05, 0) is 18.2 Å². The Bertz CT molecular complexity index is 677. The molecule has 0 radical (unpaired) electrons. The van der Waals surface area contributed by atoms with E-state index in [9.17, 15) is 4.79 Å². The number of nitrogens with one attached hydrogen (secondary N) is 1. The number of carbonyl (C=O) groups is 1. The van der Waals surface area contributed by atoms with E-state index in [1.54, 1.807) is 25.3 Å². The summed E-state index contributed by atoms with van der Waals surface area (Å²) >= 11 is 11.6. The molecule has 0 saturated carbocycles. The number of ether oxygens (including phenoxy) is 2. The molecule has 21 heavy (non-hydrogen) atoms. The Morgan fingerprint density at radius 3 is 2.57 bits per heavy atom. The molecule has 1 N–H and O–H groups in total. The first-order valence-corrected chi connectivity index (χ1v) is 6.65. The van der Waals surface area contributed by atoms with Gasteiger partial charge in [-0.25, -0.2) is 4.98 Å². The standard InChI is InChI=1S/C14H12Cl2N2O3/c1-20-9-3-4-11(12(6-9)21-2)18-14(19)8-5-10(15)13(16)17-7-8/h3-7H,1-2H3,(H,18,19). The largest absolute Gasteiger partial charge is 0.497 e. The van der Waals surface area contributed by atoms with Crippen molar-refractivity contribution in [1.82, 2.24) is 4.98 Å². The van der Waals surface area contributed by atoms with Crippen LogP contribution in [0.3, 0.4) is 0 Å². The third-order valence-corrected chi connectivity index (χ3v) is 3.40. The van der Waals surface area contributed by atoms with E-state index in [2.05, 4.69) is 10.3 Å². The van der Waals surface area contributed by atoms with E-state index in [1.807, 2.05) is 0 Å². The lowest BCUT2D eigenvalue weighted by atomic mass is 10.2. The number of amides is 1. The van der Waals surface area contributed by atoms with E-state index in [0.29, 0.717) is 22.7 Å². The quantitative estimate of drug-likeness (QED) is 0.871. The summed E-state index contributed by atoms with van der Waals surface area (Å²) < 4.78 is 10.3. The first-order chi connectivity index (χ1) is 10.0. The summed E-state index contributed by atoms with van der Waals surface area (Å²) in [6, 6.07) is 6.51. The zero-order chi connectivity index (χ0) is 15.4. The lowest BCUT2D eigenvalue weighted by Crippen LogP contribution is -2.13. The number of hydrogen-bond acceptors (Lipinski definition) is 4. The van der Waals surface area contributed by atoms with Crippen LogP contribution in [0.1, 0.15) is 10.4 Å². The maximum atomic E-state index is 12.2. The number of pyridine rings is 1. The molecule has 0 bridgehead atoms. The molecule has 0 aliphatic heterocycles. The third kappa shape index (κ3) is 3.56. The molecular formula is C14H12Cl2N2O3. The fourth-order valence-electron chi connectivity index (χ4n) is 1.64. The van der Waals surface area contributed by atoms with E-state index < -0.39 is 0 Å². The van der Waals surface area contributed by atoms with Crippen molar-refractivity contribution in [1.29, 1.82) is 0 Å². The molecule has 110 valence electrons. The molecule has 1 aromatic carbocycles. The van der Waals surface area contributed by atoms with Crippen LogP contribution in [0.4, 0.5) is 5.69 Å². The molecule has 0 atom stereocenters. The van der Waals surface area contributed by atoms with Crippen molar-refractivity contribution < 1.29 is 14.3 Å². The highest BCUT2D eigenvalue weighted by Crippen LogP contribution is 2.29. The summed E-state index contributed by atoms with van der Waals surface area (Å²) in [4.78, 5) is 16.0. The van der Waals surface area contributed by atoms with E-state index in [0.717, 1.165) is 0 Å². The first-order valence-electron chi connectivity index (χ1n) is 5.89. The van der Waals surface area contributed by atoms with E-state index >= 15 is 0 Å². The van der Waals surface area contributed by atoms with Crippen molar-refractivity contribution in [3.8, 4) is 11.5 Å². The number of anilines is 1. The molecule has 0 unspecified atom stereocenters. The summed E-state index contributed by atoms with van der Waals surface area (Å²) in [5, 5.41) is 3.08. The summed E-state index contributed by atoms with van der Waals surface area (Å²) in [6.45, 7) is 0. The van der Waals surface area contributed by atoms with Crippen molar-refractivity contribution in [2.75, 3.05) is 19.5 Å². The number of halogens is 2. The number of rotatable bonds is 4. The Labute approximate surface area is 131 Å². The SMILES string of the molecule is COc1ccc(NC(=O)c2cnc(Cl)c(Cl)c2)c(OC)c1. The molecule has 1 heterocycles. The molecule has 1 aromatic heterocycles. The second kappa shape index (κ2) is 6.65. The summed E-state index contributed by atoms with van der Waals surface area (Å²) in [6.07, 6.45) is 1.35. The number of carbonyl (C=O) groups excluding carboxylic acids is 1. The van der Waals surface area contributed by atoms with E-state index in [4.69, 9.17) is 32.7 Å². The molecule has 0 saturated heterocycles. The van der Waals surface area contributed by atoms with Crippen LogP contribution in [-0.4, -0.2) is 25.1 Å². The first kappa shape index (κ1) is 15.4. The van der Waals surface area contributed by atoms with Crippen molar-refractivity contribution in [2.24, 2.45) is 0 Å². The van der Waals surface area contributed by atoms with Gasteiger partial charge in [-0.3, -0.25) is 4.79 Å². The van der Waals surface area contributed by atoms with Crippen LogP contribution < -0.4 is 14.8 Å². The lowest BCUT2D eigenvalue weighted by molar-refractivity contribution is 0.102. The number of hydrogen-bond donors (Lipinski definition) is 1. The lowest BCUT2D eigenvalue weighted by Gasteiger charge is -2.11. The van der Waals surface area contributed by atoms with Crippen LogP contribution in [0.15, 0.2) is 30.5 Å². The third-order valence-electron chi connectivity index (χ3n) is 2.72. The molecule has 2 rings (SSSR count). The van der Waals surface area contributed by atoms with E-state index in [1.165, 1.54) is 19.4 Å². The second-order valence-corrected chi connectivity index (χ2v) is 4.78. The van der Waals surface area contributed by atoms with Crippen molar-refractivity contribution in [3.63, 3.8) is 0 Å². The van der Waals surface area contributed by atoms with Crippen LogP contribution in [0.2, 0.25) is 10.2 Å². The summed E-state index contributed by atoms with van der Waals surface area (Å²) in [5.74, 6) is 0.737. The molecule has 2 aromatic rings. The Morgan fingerprint density at radius 2 is 1.95 bits per heavy atom. The number of aromatic nitrogens is 1. The molecule has 7 heteroatoms. The fourth-order valence-corrected chi connectivity index (χ4v) is 1.91. The van der Waals surface area contributed by atoms with Gasteiger partial charge in [-0.2, -0.15) is 0 Å². The fraction of sp³-hybridized carbons (Fsp3) is 0.143. The monoisotopic (exact) mass is 326 g/mol. The predicted octanol–water partition coefficient (Wildman–Crippen LogP) is 3.66. The molecule has 0 spiro atoms. The molecule has 0 aliphatic rings. The van der Waals surface area contributed by atoms with Crippen LogP contribution >= 0.6 is 23.2 Å². The van der Waals surface area contributed by atoms with Gasteiger partial charge in [0.05, 0.1) is 30.5 Å². The van der Waals surface area contributed by atoms with Gasteiger partial charge in [0.15, 0.2) is 0 Å². The molecule has 0 fully saturated rings. The van der Waals surface area contributed by atoms with Crippen molar-refractivity contribution in [3.05, 3.63) is 46.2 Å². The highest BCUT2D eigenvalue weighted by molar-refractivity contribution is 6.41. The topological polar surface area (TPSA) is 60.5 Å². The number of nitrogens with zero attached hydrogens (tertiary/aromatic N) is 1. The molecule has 5 nitrogen and oxygen atoms in total. The Balaban J connectivity index is 2.24. The minimum Gasteiger partial charge on any atom is -0.497 e. The van der Waals surface area contributed by atoms with Gasteiger partial charge in [0.2, 0.25) is 0 Å². The van der Waals surface area contributed by atoms with Gasteiger partial charge in [0.25, 0.3) is 5.91 Å². The molecule has 1 amide bonds. The van der Waals surface area contributed by atoms with Gasteiger partial charge in [-0.15, -0.1) is 0 Å². The summed E-state index contributed by atoms with van der Waals surface area (Å²) in [7, 11) is 3.06. The van der Waals surface area contributed by atoms with Crippen molar-refractivity contribution in [2.45, 2.75) is 0 Å². The average Bonchev–Trinajstić information content (AvgIpc) is 2.50. The highest BCUT2D eigenvalue weighted by Gasteiger charge is 2.12. The zero-order valence-electron chi connectivity index (χ0n) is 11.3. The van der Waals surface area contributed by atoms with E-state index in [-0.39, 0.29) is 16.1 Å². The Hall–Kier alpha value is -1.98. The van der Waals surface area contributed by atoms with Crippen LogP contribution in [0, 0.1) is 0 Å². The smallest absolute Gasteiger partial charge is 0.257 e. The Kier molecular flexibility index (Phi) is 4.88. The van der Waals surface area contributed by atoms with Gasteiger partial charge in [0, 0.05) is 12.3 Å². The molecule has 0 aliphatic carbocycles. The van der Waals surface area contributed by atoms with Gasteiger partial charge in [0.1, 0.15) is 16.7 Å². The van der Waals surface area contributed by atoms with Crippen LogP contribution in [-0.2, 0) is 0 Å². The van der Waals surface area contributed by atoms with Gasteiger partial charge >= 0.3 is 0 Å². The highest BCUT2D eigenvalue weighted by atomic mass is 35.5. The maximum absolute atomic E-state index is 12.2. The minimum atomic E-state index is -0.371. The van der Waals surface area contributed by atoms with Gasteiger partial charge < -0.3 is 14.8 Å². The Morgan fingerprint density at radius 1 is 1.19 bits per heavy atom. The maximum Gasteiger partial charge on any atom is 0.257 e. The van der Waals surface area contributed by atoms with Crippen LogP contribution in [0.25, 0.3) is 0 Å². The van der Waals surface area contributed by atoms with Crippen LogP contribution in [0.5, 0.6) is 11.5 Å².